The summed E-state index contributed by atoms with van der Waals surface area (Å²) >= 11 is 0. The van der Waals surface area contributed by atoms with Crippen LogP contribution in [0.5, 0.6) is 0 Å². The molecule has 2 aliphatic heterocycles. The maximum absolute atomic E-state index is 12.8. The molecule has 2 saturated heterocycles. The molecule has 4 atom stereocenters. The average molecular weight is 438 g/mol. The largest absolute Gasteiger partial charge is 0.466 e. The van der Waals surface area contributed by atoms with Gasteiger partial charge in [0, 0.05) is 43.6 Å². The van der Waals surface area contributed by atoms with E-state index in [1.165, 1.54) is 5.56 Å². The summed E-state index contributed by atoms with van der Waals surface area (Å²) < 4.78 is 5.38. The third kappa shape index (κ3) is 5.16. The van der Waals surface area contributed by atoms with Crippen molar-refractivity contribution in [1.82, 2.24) is 9.80 Å². The van der Waals surface area contributed by atoms with Gasteiger partial charge in [0.1, 0.15) is 0 Å². The fraction of sp³-hybridized carbons (Fsp3) is 0.480. The summed E-state index contributed by atoms with van der Waals surface area (Å²) in [4.78, 5) is 29.1. The van der Waals surface area contributed by atoms with Crippen LogP contribution in [0.25, 0.3) is 0 Å². The molecule has 0 aliphatic carbocycles. The van der Waals surface area contributed by atoms with E-state index >= 15 is 0 Å². The zero-order valence-corrected chi connectivity index (χ0v) is 18.5. The Balaban J connectivity index is 1.52. The van der Waals surface area contributed by atoms with Gasteiger partial charge in [-0.1, -0.05) is 60.7 Å². The van der Waals surface area contributed by atoms with E-state index in [0.29, 0.717) is 39.3 Å². The first-order chi connectivity index (χ1) is 15.5. The summed E-state index contributed by atoms with van der Waals surface area (Å²) in [6.07, 6.45) is 0. The predicted octanol–water partition coefficient (Wildman–Crippen LogP) is 3.08. The highest BCUT2D eigenvalue weighted by atomic mass is 16.6. The Morgan fingerprint density at radius 1 is 0.906 bits per heavy atom. The fourth-order valence-electron chi connectivity index (χ4n) is 5.33. The molecule has 7 heteroatoms. The predicted molar refractivity (Wildman–Crippen MR) is 121 cm³/mol. The summed E-state index contributed by atoms with van der Waals surface area (Å²) in [5, 5.41) is 12.0. The van der Waals surface area contributed by atoms with Crippen LogP contribution >= 0.6 is 0 Å². The molecule has 0 radical (unpaired) electrons. The van der Waals surface area contributed by atoms with E-state index in [2.05, 4.69) is 21.9 Å². The van der Waals surface area contributed by atoms with E-state index in [1.807, 2.05) is 48.5 Å². The second-order valence-electron chi connectivity index (χ2n) is 8.90. The molecule has 0 N–H and O–H groups in total. The summed E-state index contributed by atoms with van der Waals surface area (Å²) in [7, 11) is 0. The molecule has 2 aromatic rings. The molecular weight excluding hydrogens is 406 g/mol. The third-order valence-corrected chi connectivity index (χ3v) is 6.76. The van der Waals surface area contributed by atoms with Crippen molar-refractivity contribution in [2.45, 2.75) is 26.1 Å². The van der Waals surface area contributed by atoms with Gasteiger partial charge in [-0.3, -0.25) is 24.7 Å². The monoisotopic (exact) mass is 437 g/mol. The van der Waals surface area contributed by atoms with Gasteiger partial charge < -0.3 is 4.74 Å². The number of rotatable bonds is 8. The van der Waals surface area contributed by atoms with Gasteiger partial charge in [-0.15, -0.1) is 0 Å². The SMILES string of the molecule is CCOC(=O)C1CN(Cc2ccccc2)CC1C1CN(Cc2ccccc2)CC1[N+](=O)[O-]. The molecule has 0 bridgehead atoms. The Labute approximate surface area is 189 Å². The number of carbonyl (C=O) groups is 1. The number of hydrogen-bond donors (Lipinski definition) is 0. The third-order valence-electron chi connectivity index (χ3n) is 6.76. The highest BCUT2D eigenvalue weighted by molar-refractivity contribution is 5.73. The smallest absolute Gasteiger partial charge is 0.310 e. The molecule has 2 fully saturated rings. The molecule has 2 heterocycles. The van der Waals surface area contributed by atoms with E-state index in [-0.39, 0.29) is 28.6 Å². The molecule has 32 heavy (non-hydrogen) atoms. The number of nitrogens with zero attached hydrogens (tertiary/aromatic N) is 3. The number of benzene rings is 2. The molecule has 0 amide bonds. The Morgan fingerprint density at radius 2 is 1.44 bits per heavy atom. The minimum Gasteiger partial charge on any atom is -0.466 e. The molecule has 2 aliphatic rings. The van der Waals surface area contributed by atoms with Gasteiger partial charge in [-0.2, -0.15) is 0 Å². The van der Waals surface area contributed by atoms with E-state index in [4.69, 9.17) is 4.74 Å². The van der Waals surface area contributed by atoms with Gasteiger partial charge in [0.15, 0.2) is 0 Å². The average Bonchev–Trinajstić information content (AvgIpc) is 3.40. The molecule has 0 spiro atoms. The van der Waals surface area contributed by atoms with Crippen molar-refractivity contribution in [2.75, 3.05) is 32.8 Å². The maximum Gasteiger partial charge on any atom is 0.310 e. The van der Waals surface area contributed by atoms with Crippen molar-refractivity contribution >= 4 is 5.97 Å². The standard InChI is InChI=1S/C25H31N3O4/c1-2-32-25(29)23-17-26(13-19-9-5-3-6-10-19)15-21(23)22-16-27(18-24(22)28(30)31)14-20-11-7-4-8-12-20/h3-12,21-24H,2,13-18H2,1H3. The van der Waals surface area contributed by atoms with Gasteiger partial charge in [0.05, 0.1) is 19.1 Å². The lowest BCUT2D eigenvalue weighted by atomic mass is 9.81. The van der Waals surface area contributed by atoms with Crippen molar-refractivity contribution in [3.8, 4) is 0 Å². The van der Waals surface area contributed by atoms with Gasteiger partial charge >= 0.3 is 5.97 Å². The maximum atomic E-state index is 12.8. The molecular formula is C25H31N3O4. The first-order valence-electron chi connectivity index (χ1n) is 11.4. The highest BCUT2D eigenvalue weighted by Gasteiger charge is 2.52. The first-order valence-corrected chi connectivity index (χ1v) is 11.4. The van der Waals surface area contributed by atoms with Crippen LogP contribution in [-0.2, 0) is 22.6 Å². The number of nitro groups is 1. The molecule has 0 aromatic heterocycles. The van der Waals surface area contributed by atoms with Gasteiger partial charge in [-0.05, 0) is 24.0 Å². The number of carbonyl (C=O) groups excluding carboxylic acids is 1. The van der Waals surface area contributed by atoms with Gasteiger partial charge in [-0.25, -0.2) is 0 Å². The molecule has 4 rings (SSSR count). The minimum atomic E-state index is -0.669. The van der Waals surface area contributed by atoms with Crippen LogP contribution < -0.4 is 0 Å². The van der Waals surface area contributed by atoms with Crippen molar-refractivity contribution in [3.63, 3.8) is 0 Å². The quantitative estimate of drug-likeness (QED) is 0.359. The van der Waals surface area contributed by atoms with E-state index in [1.54, 1.807) is 6.92 Å². The summed E-state index contributed by atoms with van der Waals surface area (Å²) in [5.74, 6) is -0.822. The summed E-state index contributed by atoms with van der Waals surface area (Å²) in [6, 6.07) is 19.5. The van der Waals surface area contributed by atoms with Crippen LogP contribution in [0.2, 0.25) is 0 Å². The van der Waals surface area contributed by atoms with Crippen LogP contribution in [-0.4, -0.2) is 59.5 Å². The van der Waals surface area contributed by atoms with Gasteiger partial charge in [0.2, 0.25) is 6.04 Å². The Bertz CT molecular complexity index is 908. The Kier molecular flexibility index (Phi) is 7.17. The Hall–Kier alpha value is -2.77. The summed E-state index contributed by atoms with van der Waals surface area (Å²) in [6.45, 7) is 5.84. The van der Waals surface area contributed by atoms with Crippen LogP contribution in [0.4, 0.5) is 0 Å². The van der Waals surface area contributed by atoms with E-state index < -0.39 is 6.04 Å². The molecule has 7 nitrogen and oxygen atoms in total. The van der Waals surface area contributed by atoms with Crippen molar-refractivity contribution in [2.24, 2.45) is 17.8 Å². The van der Waals surface area contributed by atoms with Crippen LogP contribution in [0, 0.1) is 27.9 Å². The number of likely N-dealkylation sites (tertiary alicyclic amines) is 2. The van der Waals surface area contributed by atoms with Crippen LogP contribution in [0.15, 0.2) is 60.7 Å². The highest BCUT2D eigenvalue weighted by Crippen LogP contribution is 2.38. The molecule has 0 saturated carbocycles. The zero-order chi connectivity index (χ0) is 22.5. The molecule has 170 valence electrons. The normalized spacial score (nSPS) is 26.3. The second kappa shape index (κ2) is 10.2. The number of ether oxygens (including phenoxy) is 1. The number of esters is 1. The second-order valence-corrected chi connectivity index (χ2v) is 8.90. The molecule has 2 aromatic carbocycles. The van der Waals surface area contributed by atoms with Crippen molar-refractivity contribution in [1.29, 1.82) is 0 Å². The lowest BCUT2D eigenvalue weighted by Gasteiger charge is -2.24. The molecule has 4 unspecified atom stereocenters. The minimum absolute atomic E-state index is 0.0889. The van der Waals surface area contributed by atoms with Crippen molar-refractivity contribution < 1.29 is 14.5 Å². The zero-order valence-electron chi connectivity index (χ0n) is 18.5. The summed E-state index contributed by atoms with van der Waals surface area (Å²) in [5.41, 5.74) is 2.33. The van der Waals surface area contributed by atoms with Gasteiger partial charge in [0.25, 0.3) is 0 Å². The lowest BCUT2D eigenvalue weighted by molar-refractivity contribution is -0.527. The van der Waals surface area contributed by atoms with Crippen LogP contribution in [0.1, 0.15) is 18.1 Å². The number of hydrogen-bond acceptors (Lipinski definition) is 6. The van der Waals surface area contributed by atoms with E-state index in [0.717, 1.165) is 12.1 Å². The topological polar surface area (TPSA) is 75.9 Å². The first kappa shape index (κ1) is 22.4. The lowest BCUT2D eigenvalue weighted by Crippen LogP contribution is -2.38. The Morgan fingerprint density at radius 3 is 1.97 bits per heavy atom. The van der Waals surface area contributed by atoms with Crippen LogP contribution in [0.3, 0.4) is 0 Å². The van der Waals surface area contributed by atoms with E-state index in [9.17, 15) is 14.9 Å². The fourth-order valence-corrected chi connectivity index (χ4v) is 5.33. The van der Waals surface area contributed by atoms with Crippen molar-refractivity contribution in [3.05, 3.63) is 81.9 Å².